The van der Waals surface area contributed by atoms with E-state index in [1.54, 1.807) is 26.2 Å². The van der Waals surface area contributed by atoms with Gasteiger partial charge in [0, 0.05) is 5.70 Å². The quantitative estimate of drug-likeness (QED) is 0.775. The maximum atomic E-state index is 13.1. The molecule has 0 spiro atoms. The first-order valence-corrected chi connectivity index (χ1v) is 8.70. The second-order valence-electron chi connectivity index (χ2n) is 6.58. The molecule has 3 rings (SSSR count). The van der Waals surface area contributed by atoms with Gasteiger partial charge in [0.15, 0.2) is 0 Å². The molecule has 1 atom stereocenters. The van der Waals surface area contributed by atoms with Crippen LogP contribution in [-0.2, 0) is 4.79 Å². The van der Waals surface area contributed by atoms with E-state index in [-0.39, 0.29) is 11.9 Å². The fraction of sp³-hybridized carbons (Fsp3) is 0.238. The summed E-state index contributed by atoms with van der Waals surface area (Å²) in [6.07, 6.45) is 0. The van der Waals surface area contributed by atoms with Crippen LogP contribution < -0.4 is 20.7 Å². The number of rotatable bonds is 4. The van der Waals surface area contributed by atoms with E-state index in [1.165, 1.54) is 0 Å². The molecule has 1 aliphatic heterocycles. The van der Waals surface area contributed by atoms with Crippen molar-refractivity contribution in [1.82, 2.24) is 10.6 Å². The van der Waals surface area contributed by atoms with E-state index in [4.69, 9.17) is 4.74 Å². The van der Waals surface area contributed by atoms with Gasteiger partial charge in [0.25, 0.3) is 5.91 Å². The molecular weight excluding hydrogens is 342 g/mol. The third-order valence-electron chi connectivity index (χ3n) is 4.61. The van der Waals surface area contributed by atoms with Crippen LogP contribution in [0.4, 0.5) is 10.5 Å². The molecular formula is C21H23N3O3. The number of para-hydroxylation sites is 2. The van der Waals surface area contributed by atoms with Crippen LogP contribution in [-0.4, -0.2) is 19.0 Å². The minimum atomic E-state index is -0.534. The first-order valence-electron chi connectivity index (χ1n) is 8.70. The van der Waals surface area contributed by atoms with Crippen LogP contribution in [0.3, 0.4) is 0 Å². The van der Waals surface area contributed by atoms with Crippen molar-refractivity contribution in [1.29, 1.82) is 0 Å². The molecule has 0 saturated carbocycles. The second-order valence-corrected chi connectivity index (χ2v) is 6.58. The summed E-state index contributed by atoms with van der Waals surface area (Å²) in [6.45, 7) is 5.68. The molecule has 0 bridgehead atoms. The molecule has 1 unspecified atom stereocenters. The Hall–Kier alpha value is -3.28. The van der Waals surface area contributed by atoms with Crippen molar-refractivity contribution in [3.05, 3.63) is 70.4 Å². The topological polar surface area (TPSA) is 79.5 Å². The zero-order chi connectivity index (χ0) is 19.6. The molecule has 0 aromatic heterocycles. The lowest BCUT2D eigenvalue weighted by atomic mass is 9.90. The van der Waals surface area contributed by atoms with Gasteiger partial charge in [0.1, 0.15) is 5.75 Å². The van der Waals surface area contributed by atoms with Crippen molar-refractivity contribution in [3.63, 3.8) is 0 Å². The van der Waals surface area contributed by atoms with Crippen LogP contribution >= 0.6 is 0 Å². The maximum Gasteiger partial charge on any atom is 0.319 e. The molecule has 0 saturated heterocycles. The molecule has 3 amide bonds. The predicted molar refractivity (Wildman–Crippen MR) is 105 cm³/mol. The lowest BCUT2D eigenvalue weighted by Gasteiger charge is -2.30. The molecule has 0 radical (unpaired) electrons. The zero-order valence-electron chi connectivity index (χ0n) is 15.8. The number of benzene rings is 2. The zero-order valence-corrected chi connectivity index (χ0v) is 15.8. The lowest BCUT2D eigenvalue weighted by molar-refractivity contribution is -0.113. The molecule has 2 aromatic carbocycles. The number of carbonyl (C=O) groups excluding carboxylic acids is 2. The average Bonchev–Trinajstić information content (AvgIpc) is 2.63. The first-order chi connectivity index (χ1) is 12.9. The van der Waals surface area contributed by atoms with Gasteiger partial charge in [-0.05, 0) is 44.0 Å². The monoisotopic (exact) mass is 365 g/mol. The Kier molecular flexibility index (Phi) is 5.16. The van der Waals surface area contributed by atoms with Gasteiger partial charge < -0.3 is 20.7 Å². The van der Waals surface area contributed by atoms with E-state index in [9.17, 15) is 9.59 Å². The van der Waals surface area contributed by atoms with Crippen LogP contribution in [0.25, 0.3) is 0 Å². The third-order valence-corrected chi connectivity index (χ3v) is 4.61. The Morgan fingerprint density at radius 2 is 1.85 bits per heavy atom. The Bertz CT molecular complexity index is 934. The molecule has 0 fully saturated rings. The maximum absolute atomic E-state index is 13.1. The predicted octanol–water partition coefficient (Wildman–Crippen LogP) is 3.58. The number of urea groups is 1. The lowest BCUT2D eigenvalue weighted by Crippen LogP contribution is -2.46. The van der Waals surface area contributed by atoms with Gasteiger partial charge in [-0.15, -0.1) is 0 Å². The summed E-state index contributed by atoms with van der Waals surface area (Å²) < 4.78 is 5.31. The number of nitrogens with one attached hydrogen (secondary N) is 3. The molecule has 6 nitrogen and oxygen atoms in total. The molecule has 140 valence electrons. The third kappa shape index (κ3) is 3.79. The Balaban J connectivity index is 2.01. The first kappa shape index (κ1) is 18.5. The highest BCUT2D eigenvalue weighted by atomic mass is 16.5. The van der Waals surface area contributed by atoms with E-state index in [1.807, 2.05) is 44.2 Å². The number of anilines is 1. The highest BCUT2D eigenvalue weighted by Gasteiger charge is 2.32. The molecule has 0 aliphatic carbocycles. The average molecular weight is 365 g/mol. The molecule has 1 aliphatic rings. The summed E-state index contributed by atoms with van der Waals surface area (Å²) in [7, 11) is 1.55. The molecule has 6 heteroatoms. The van der Waals surface area contributed by atoms with Gasteiger partial charge >= 0.3 is 6.03 Å². The van der Waals surface area contributed by atoms with Crippen molar-refractivity contribution in [2.75, 3.05) is 12.4 Å². The summed E-state index contributed by atoms with van der Waals surface area (Å²) >= 11 is 0. The summed E-state index contributed by atoms with van der Waals surface area (Å²) in [5.74, 6) is 0.274. The van der Waals surface area contributed by atoms with Gasteiger partial charge in [-0.1, -0.05) is 35.9 Å². The fourth-order valence-electron chi connectivity index (χ4n) is 3.24. The van der Waals surface area contributed by atoms with Crippen LogP contribution in [0.1, 0.15) is 29.7 Å². The number of carbonyl (C=O) groups is 2. The van der Waals surface area contributed by atoms with Gasteiger partial charge in [-0.2, -0.15) is 0 Å². The van der Waals surface area contributed by atoms with Crippen LogP contribution in [0.2, 0.25) is 0 Å². The Labute approximate surface area is 158 Å². The number of ether oxygens (including phenoxy) is 1. The van der Waals surface area contributed by atoms with Crippen molar-refractivity contribution in [3.8, 4) is 5.75 Å². The number of aryl methyl sites for hydroxylation is 2. The van der Waals surface area contributed by atoms with Crippen LogP contribution in [0, 0.1) is 13.8 Å². The Morgan fingerprint density at radius 3 is 2.59 bits per heavy atom. The number of amides is 3. The van der Waals surface area contributed by atoms with E-state index in [0.717, 1.165) is 16.7 Å². The number of hydrogen-bond acceptors (Lipinski definition) is 3. The Morgan fingerprint density at radius 1 is 1.11 bits per heavy atom. The standard InChI is InChI=1S/C21H23N3O3/c1-12-9-10-13(2)15(11-12)19-18(14(3)22-21(26)24-19)20(25)23-16-7-5-6-8-17(16)27-4/h5-11,19H,1-4H3,(H,23,25)(H2,22,24,26). The van der Waals surface area contributed by atoms with E-state index >= 15 is 0 Å². The van der Waals surface area contributed by atoms with Gasteiger partial charge in [-0.3, -0.25) is 4.79 Å². The number of hydrogen-bond donors (Lipinski definition) is 3. The highest BCUT2D eigenvalue weighted by molar-refractivity contribution is 6.07. The summed E-state index contributed by atoms with van der Waals surface area (Å²) in [4.78, 5) is 25.2. The second kappa shape index (κ2) is 7.53. The van der Waals surface area contributed by atoms with Gasteiger partial charge in [0.2, 0.25) is 0 Å². The minimum Gasteiger partial charge on any atom is -0.495 e. The van der Waals surface area contributed by atoms with E-state index in [0.29, 0.717) is 22.7 Å². The summed E-state index contributed by atoms with van der Waals surface area (Å²) in [5.41, 5.74) is 4.52. The van der Waals surface area contributed by atoms with Gasteiger partial charge in [-0.25, -0.2) is 4.79 Å². The fourth-order valence-corrected chi connectivity index (χ4v) is 3.24. The molecule has 1 heterocycles. The summed E-state index contributed by atoms with van der Waals surface area (Å²) in [5, 5.41) is 8.47. The van der Waals surface area contributed by atoms with Crippen molar-refractivity contribution in [2.24, 2.45) is 0 Å². The van der Waals surface area contributed by atoms with Gasteiger partial charge in [0.05, 0.1) is 24.4 Å². The van der Waals surface area contributed by atoms with Crippen molar-refractivity contribution >= 4 is 17.6 Å². The van der Waals surface area contributed by atoms with Crippen LogP contribution in [0.15, 0.2) is 53.7 Å². The minimum absolute atomic E-state index is 0.296. The molecule has 3 N–H and O–H groups in total. The van der Waals surface area contributed by atoms with E-state index in [2.05, 4.69) is 16.0 Å². The SMILES string of the molecule is COc1ccccc1NC(=O)C1=C(C)NC(=O)NC1c1cc(C)ccc1C. The molecule has 27 heavy (non-hydrogen) atoms. The number of allylic oxidation sites excluding steroid dienone is 1. The van der Waals surface area contributed by atoms with E-state index < -0.39 is 6.04 Å². The summed E-state index contributed by atoms with van der Waals surface area (Å²) in [6, 6.07) is 12.3. The largest absolute Gasteiger partial charge is 0.495 e. The normalized spacial score (nSPS) is 16.4. The number of methoxy groups -OCH3 is 1. The smallest absolute Gasteiger partial charge is 0.319 e. The van der Waals surface area contributed by atoms with Crippen molar-refractivity contribution in [2.45, 2.75) is 26.8 Å². The van der Waals surface area contributed by atoms with Crippen LogP contribution in [0.5, 0.6) is 5.75 Å². The highest BCUT2D eigenvalue weighted by Crippen LogP contribution is 2.31. The van der Waals surface area contributed by atoms with Crippen molar-refractivity contribution < 1.29 is 14.3 Å². The molecule has 2 aromatic rings.